The first-order valence-corrected chi connectivity index (χ1v) is 14.1. The molecule has 0 heterocycles. The van der Waals surface area contributed by atoms with Gasteiger partial charge in [-0.25, -0.2) is 0 Å². The summed E-state index contributed by atoms with van der Waals surface area (Å²) in [5.74, 6) is -0.659. The maximum atomic E-state index is 10.2. The second kappa shape index (κ2) is 24.5. The zero-order valence-electron chi connectivity index (χ0n) is 16.2. The summed E-state index contributed by atoms with van der Waals surface area (Å²) in [6.07, 6.45) is 17.3. The summed E-state index contributed by atoms with van der Waals surface area (Å²) in [6, 6.07) is 0. The predicted molar refractivity (Wildman–Crippen MR) is 105 cm³/mol. The van der Waals surface area contributed by atoms with E-state index in [9.17, 15) is 4.79 Å². The van der Waals surface area contributed by atoms with Crippen molar-refractivity contribution in [3.05, 3.63) is 0 Å². The quantitative estimate of drug-likeness (QED) is 0.208. The van der Waals surface area contributed by atoms with E-state index in [2.05, 4.69) is 20.8 Å². The molecule has 2 nitrogen and oxygen atoms in total. The monoisotopic (exact) mass is 434 g/mol. The Balaban J connectivity index is 0. The van der Waals surface area contributed by atoms with Crippen LogP contribution in [0, 0.1) is 0 Å². The van der Waals surface area contributed by atoms with Crippen LogP contribution in [0.5, 0.6) is 0 Å². The molecular weight excluding hydrogens is 391 g/mol. The Labute approximate surface area is 156 Å². The Morgan fingerprint density at radius 2 is 1.04 bits per heavy atom. The maximum absolute atomic E-state index is 10.2. The molecule has 2 radical (unpaired) electrons. The number of aliphatic carboxylic acids is 1. The van der Waals surface area contributed by atoms with Crippen molar-refractivity contribution in [3.63, 3.8) is 0 Å². The molecule has 3 heteroatoms. The van der Waals surface area contributed by atoms with Crippen LogP contribution in [-0.2, 0) is 4.79 Å². The molecule has 0 aromatic heterocycles. The molecule has 0 saturated heterocycles. The first-order valence-electron chi connectivity index (χ1n) is 10.1. The van der Waals surface area contributed by atoms with E-state index in [4.69, 9.17) is 5.11 Å². The van der Waals surface area contributed by atoms with Crippen molar-refractivity contribution < 1.29 is 9.90 Å². The third kappa shape index (κ3) is 30.7. The fourth-order valence-corrected chi connectivity index (χ4v) is 6.47. The van der Waals surface area contributed by atoms with Gasteiger partial charge in [0.25, 0.3) is 0 Å². The van der Waals surface area contributed by atoms with Crippen LogP contribution >= 0.6 is 0 Å². The number of carboxylic acid groups (broad SMARTS) is 1. The standard InChI is InChI=1S/C12H24O2.2C4H9.Sn/c1-2-3-4-5-6-7-8-9-10-11-12(13)14;2*1-3-4-2;/h2-11H2,1H3,(H,13,14);2*1,3-4H2,2H3;. The molecule has 0 atom stereocenters. The first kappa shape index (κ1) is 25.5. The molecule has 0 saturated carbocycles. The third-order valence-electron chi connectivity index (χ3n) is 3.91. The molecule has 0 bridgehead atoms. The molecule has 0 aromatic carbocycles. The predicted octanol–water partition coefficient (Wildman–Crippen LogP) is 7.12. The zero-order valence-corrected chi connectivity index (χ0v) is 19.0. The minimum absolute atomic E-state index is 0.149. The van der Waals surface area contributed by atoms with Gasteiger partial charge in [0.2, 0.25) is 0 Å². The average molecular weight is 433 g/mol. The molecule has 0 amide bonds. The summed E-state index contributed by atoms with van der Waals surface area (Å²) in [5.41, 5.74) is 0. The molecule has 0 aromatic rings. The average Bonchev–Trinajstić information content (AvgIpc) is 2.54. The number of hydrogen-bond donors (Lipinski definition) is 1. The van der Waals surface area contributed by atoms with E-state index < -0.39 is 5.97 Å². The number of rotatable bonds is 16. The molecular formula is C20H42O2Sn. The topological polar surface area (TPSA) is 37.3 Å². The van der Waals surface area contributed by atoms with E-state index in [1.54, 1.807) is 8.87 Å². The van der Waals surface area contributed by atoms with Gasteiger partial charge in [0.1, 0.15) is 0 Å². The van der Waals surface area contributed by atoms with E-state index in [-0.39, 0.29) is 21.1 Å². The van der Waals surface area contributed by atoms with Crippen molar-refractivity contribution in [1.82, 2.24) is 0 Å². The summed E-state index contributed by atoms with van der Waals surface area (Å²) in [5, 5.41) is 8.41. The Kier molecular flexibility index (Phi) is 27.2. The molecule has 0 aliphatic carbocycles. The van der Waals surface area contributed by atoms with Crippen molar-refractivity contribution in [2.45, 2.75) is 120 Å². The van der Waals surface area contributed by atoms with Crippen LogP contribution < -0.4 is 0 Å². The van der Waals surface area contributed by atoms with E-state index in [0.717, 1.165) is 12.8 Å². The normalized spacial score (nSPS) is 10.2. The second-order valence-corrected chi connectivity index (χ2v) is 10.7. The van der Waals surface area contributed by atoms with Gasteiger partial charge in [-0.1, -0.05) is 58.3 Å². The van der Waals surface area contributed by atoms with Crippen molar-refractivity contribution in [1.29, 1.82) is 0 Å². The van der Waals surface area contributed by atoms with Gasteiger partial charge >= 0.3 is 75.5 Å². The van der Waals surface area contributed by atoms with E-state index in [1.807, 2.05) is 0 Å². The van der Waals surface area contributed by atoms with Crippen LogP contribution in [0.3, 0.4) is 0 Å². The molecule has 0 unspecified atom stereocenters. The zero-order chi connectivity index (χ0) is 17.6. The Bertz CT molecular complexity index is 214. The number of carboxylic acids is 1. The van der Waals surface area contributed by atoms with Crippen molar-refractivity contribution in [2.75, 3.05) is 0 Å². The fraction of sp³-hybridized carbons (Fsp3) is 0.950. The summed E-state index contributed by atoms with van der Waals surface area (Å²) in [4.78, 5) is 10.2. The summed E-state index contributed by atoms with van der Waals surface area (Å²) in [6.45, 7) is 6.81. The molecule has 1 N–H and O–H groups in total. The van der Waals surface area contributed by atoms with Crippen LogP contribution in [0.25, 0.3) is 0 Å². The van der Waals surface area contributed by atoms with Gasteiger partial charge in [0.05, 0.1) is 0 Å². The van der Waals surface area contributed by atoms with Crippen LogP contribution in [0.4, 0.5) is 0 Å². The first-order chi connectivity index (χ1) is 11.2. The van der Waals surface area contributed by atoms with Crippen LogP contribution in [0.2, 0.25) is 8.87 Å². The summed E-state index contributed by atoms with van der Waals surface area (Å²) >= 11 is 0.149. The fourth-order valence-electron chi connectivity index (χ4n) is 2.32. The van der Waals surface area contributed by atoms with Gasteiger partial charge in [0, 0.05) is 6.42 Å². The van der Waals surface area contributed by atoms with Crippen molar-refractivity contribution in [2.24, 2.45) is 0 Å². The Morgan fingerprint density at radius 1 is 0.652 bits per heavy atom. The van der Waals surface area contributed by atoms with Crippen molar-refractivity contribution in [3.8, 4) is 0 Å². The van der Waals surface area contributed by atoms with Crippen molar-refractivity contribution >= 4 is 27.1 Å². The van der Waals surface area contributed by atoms with Crippen LogP contribution in [0.1, 0.15) is 111 Å². The SMILES string of the molecule is CCCCCCCCCCCC(=O)O.CCC[CH2][Sn][CH2]CCC. The van der Waals surface area contributed by atoms with Crippen LogP contribution in [-0.4, -0.2) is 32.2 Å². The molecule has 23 heavy (non-hydrogen) atoms. The minimum atomic E-state index is -0.659. The summed E-state index contributed by atoms with van der Waals surface area (Å²) < 4.78 is 3.25. The molecule has 0 rings (SSSR count). The van der Waals surface area contributed by atoms with E-state index in [1.165, 1.54) is 70.6 Å². The third-order valence-corrected chi connectivity index (χ3v) is 7.94. The number of unbranched alkanes of at least 4 members (excludes halogenated alkanes) is 10. The molecule has 0 aliphatic rings. The van der Waals surface area contributed by atoms with Gasteiger partial charge in [-0.3, -0.25) is 4.79 Å². The Morgan fingerprint density at radius 3 is 1.43 bits per heavy atom. The second-order valence-electron chi connectivity index (χ2n) is 6.43. The molecule has 138 valence electrons. The summed E-state index contributed by atoms with van der Waals surface area (Å²) in [7, 11) is 0. The Hall–Kier alpha value is 0.269. The van der Waals surface area contributed by atoms with Crippen LogP contribution in [0.15, 0.2) is 0 Å². The van der Waals surface area contributed by atoms with Gasteiger partial charge in [0.15, 0.2) is 0 Å². The van der Waals surface area contributed by atoms with Gasteiger partial charge in [-0.2, -0.15) is 0 Å². The molecule has 0 spiro atoms. The number of hydrogen-bond acceptors (Lipinski definition) is 1. The molecule has 0 fully saturated rings. The van der Waals surface area contributed by atoms with Gasteiger partial charge in [-0.05, 0) is 6.42 Å². The van der Waals surface area contributed by atoms with Gasteiger partial charge in [-0.15, -0.1) is 0 Å². The molecule has 0 aliphatic heterocycles. The van der Waals surface area contributed by atoms with Gasteiger partial charge < -0.3 is 5.11 Å². The van der Waals surface area contributed by atoms with E-state index >= 15 is 0 Å². The van der Waals surface area contributed by atoms with E-state index in [0.29, 0.717) is 6.42 Å². The number of carbonyl (C=O) groups is 1.